The third-order valence-corrected chi connectivity index (χ3v) is 10.7. The van der Waals surface area contributed by atoms with Crippen LogP contribution in [-0.4, -0.2) is 33.5 Å². The number of nitrogens with one attached hydrogen (secondary N) is 2. The molecule has 1 aliphatic heterocycles. The van der Waals surface area contributed by atoms with E-state index in [1.807, 2.05) is 13.0 Å². The maximum atomic E-state index is 13.8. The zero-order valence-corrected chi connectivity index (χ0v) is 32.7. The van der Waals surface area contributed by atoms with Gasteiger partial charge in [0.15, 0.2) is 18.0 Å². The highest BCUT2D eigenvalue weighted by Gasteiger charge is 2.41. The van der Waals surface area contributed by atoms with E-state index in [4.69, 9.17) is 51.1 Å². The molecule has 9 nitrogen and oxygen atoms in total. The van der Waals surface area contributed by atoms with Crippen molar-refractivity contribution in [2.24, 2.45) is 5.10 Å². The van der Waals surface area contributed by atoms with Crippen LogP contribution in [0, 0.1) is 0 Å². The van der Waals surface area contributed by atoms with Crippen molar-refractivity contribution in [1.29, 1.82) is 0 Å². The lowest BCUT2D eigenvalue weighted by Gasteiger charge is -2.31. The topological polar surface area (TPSA) is 101 Å². The number of hydrogen-bond donors (Lipinski definition) is 2. The van der Waals surface area contributed by atoms with Gasteiger partial charge in [-0.1, -0.05) is 107 Å². The smallest absolute Gasteiger partial charge is 0.280 e. The predicted molar refractivity (Wildman–Crippen MR) is 209 cm³/mol. The molecule has 2 atom stereocenters. The molecule has 2 unspecified atom stereocenters. The lowest BCUT2D eigenvalue weighted by molar-refractivity contribution is -0.123. The number of halogens is 4. The molecule has 0 radical (unpaired) electrons. The number of nitrogens with zero attached hydrogens (tertiary/aromatic N) is 4. The number of amides is 2. The molecule has 2 amide bonds. The van der Waals surface area contributed by atoms with Gasteiger partial charge in [-0.3, -0.25) is 14.3 Å². The first-order valence-electron chi connectivity index (χ1n) is 16.8. The predicted octanol–water partition coefficient (Wildman–Crippen LogP) is 10.7. The second kappa shape index (κ2) is 15.5. The molecule has 4 aromatic rings. The van der Waals surface area contributed by atoms with Crippen LogP contribution in [0.25, 0.3) is 0 Å². The minimum atomic E-state index is -0.995. The maximum Gasteiger partial charge on any atom is 0.280 e. The van der Waals surface area contributed by atoms with Crippen molar-refractivity contribution in [2.75, 3.05) is 15.6 Å². The summed E-state index contributed by atoms with van der Waals surface area (Å²) in [6.45, 7) is 15.1. The molecular formula is C38H42Cl4N6O3. The summed E-state index contributed by atoms with van der Waals surface area (Å²) in [5.41, 5.74) is 3.17. The highest BCUT2D eigenvalue weighted by Crippen LogP contribution is 2.41. The normalized spacial score (nSPS) is 15.5. The Morgan fingerprint density at radius 3 is 2.22 bits per heavy atom. The van der Waals surface area contributed by atoms with Crippen molar-refractivity contribution >= 4 is 81.1 Å². The van der Waals surface area contributed by atoms with Crippen molar-refractivity contribution in [1.82, 2.24) is 9.78 Å². The van der Waals surface area contributed by atoms with Gasteiger partial charge in [0.05, 0.1) is 20.8 Å². The molecule has 13 heteroatoms. The van der Waals surface area contributed by atoms with Gasteiger partial charge in [0, 0.05) is 28.7 Å². The Morgan fingerprint density at radius 1 is 0.922 bits per heavy atom. The quantitative estimate of drug-likeness (QED) is 0.149. The van der Waals surface area contributed by atoms with Gasteiger partial charge in [0.2, 0.25) is 0 Å². The van der Waals surface area contributed by atoms with E-state index in [1.165, 1.54) is 22.4 Å². The Labute approximate surface area is 319 Å². The first kappa shape index (κ1) is 38.5. The van der Waals surface area contributed by atoms with Crippen LogP contribution in [0.5, 0.6) is 5.75 Å². The van der Waals surface area contributed by atoms with Crippen LogP contribution >= 0.6 is 46.4 Å². The molecule has 1 aliphatic rings. The zero-order chi connectivity index (χ0) is 37.2. The Kier molecular flexibility index (Phi) is 11.7. The fraction of sp³-hybridized carbons (Fsp3) is 0.368. The summed E-state index contributed by atoms with van der Waals surface area (Å²) in [7, 11) is 0. The van der Waals surface area contributed by atoms with Gasteiger partial charge in [-0.15, -0.1) is 5.10 Å². The molecule has 0 saturated carbocycles. The fourth-order valence-electron chi connectivity index (χ4n) is 5.62. The summed E-state index contributed by atoms with van der Waals surface area (Å²) >= 11 is 25.7. The number of hydrogen-bond acceptors (Lipinski definition) is 6. The van der Waals surface area contributed by atoms with E-state index in [9.17, 15) is 9.59 Å². The molecule has 0 aliphatic carbocycles. The van der Waals surface area contributed by atoms with Gasteiger partial charge in [-0.2, -0.15) is 10.1 Å². The van der Waals surface area contributed by atoms with Gasteiger partial charge in [-0.05, 0) is 78.1 Å². The Hall–Kier alpha value is -3.76. The number of carbonyl (C=O) groups is 2. The fourth-order valence-corrected chi connectivity index (χ4v) is 6.76. The lowest BCUT2D eigenvalue weighted by atomic mass is 9.76. The molecule has 2 heterocycles. The SMILES string of the molecule is CCC(Oc1ccc(C(C)(C)CC)cc1C(C)(C)CC)C(=O)Nc1ccc(Cl)c(NC2=NN(c3c(Cl)cc(Cl)cc3Cl)C(=O)C2n2cccn2)c1. The van der Waals surface area contributed by atoms with Gasteiger partial charge in [0.25, 0.3) is 11.8 Å². The summed E-state index contributed by atoms with van der Waals surface area (Å²) < 4.78 is 7.93. The van der Waals surface area contributed by atoms with Crippen molar-refractivity contribution < 1.29 is 14.3 Å². The molecule has 5 rings (SSSR count). The average Bonchev–Trinajstić information content (AvgIpc) is 3.72. The monoisotopic (exact) mass is 770 g/mol. The largest absolute Gasteiger partial charge is 0.480 e. The molecule has 51 heavy (non-hydrogen) atoms. The Morgan fingerprint density at radius 2 is 1.61 bits per heavy atom. The molecule has 2 N–H and O–H groups in total. The highest BCUT2D eigenvalue weighted by molar-refractivity contribution is 6.43. The molecular weight excluding hydrogens is 730 g/mol. The third-order valence-electron chi connectivity index (χ3n) is 9.58. The average molecular weight is 773 g/mol. The minimum absolute atomic E-state index is 0.00293. The number of rotatable bonds is 12. The molecule has 270 valence electrons. The van der Waals surface area contributed by atoms with E-state index in [2.05, 4.69) is 74.5 Å². The number of benzene rings is 3. The van der Waals surface area contributed by atoms with Crippen LogP contribution in [-0.2, 0) is 20.4 Å². The number of anilines is 3. The van der Waals surface area contributed by atoms with Crippen molar-refractivity contribution in [3.05, 3.63) is 98.2 Å². The standard InChI is InChI=1S/C38H42Cl4N6O3/c1-8-30(51-31-15-12-22(37(4,5)9-2)18-25(31)38(6,7)10-3)35(49)44-24-13-14-26(40)29(21-24)45-34-33(47-17-11-16-43-47)36(50)48(46-34)32-27(41)19-23(39)20-28(32)42/h11-21,30,33H,8-10H2,1-7H3,(H,44,49)(H,45,46). The van der Waals surface area contributed by atoms with E-state index in [-0.39, 0.29) is 38.3 Å². The molecule has 1 aromatic heterocycles. The van der Waals surface area contributed by atoms with Crippen LogP contribution in [0.2, 0.25) is 20.1 Å². The van der Waals surface area contributed by atoms with Gasteiger partial charge in [-0.25, -0.2) is 0 Å². The maximum absolute atomic E-state index is 13.8. The summed E-state index contributed by atoms with van der Waals surface area (Å²) in [5.74, 6) is 0.112. The lowest BCUT2D eigenvalue weighted by Crippen LogP contribution is -2.33. The van der Waals surface area contributed by atoms with Crippen molar-refractivity contribution in [3.8, 4) is 5.75 Å². The van der Waals surface area contributed by atoms with E-state index in [1.54, 1.807) is 36.7 Å². The van der Waals surface area contributed by atoms with E-state index >= 15 is 0 Å². The van der Waals surface area contributed by atoms with Crippen molar-refractivity contribution in [3.63, 3.8) is 0 Å². The van der Waals surface area contributed by atoms with Crippen molar-refractivity contribution in [2.45, 2.75) is 90.7 Å². The zero-order valence-electron chi connectivity index (χ0n) is 29.7. The van der Waals surface area contributed by atoms with Crippen LogP contribution in [0.1, 0.15) is 84.9 Å². The van der Waals surface area contributed by atoms with E-state index < -0.39 is 18.1 Å². The van der Waals surface area contributed by atoms with Crippen LogP contribution in [0.3, 0.4) is 0 Å². The second-order valence-corrected chi connectivity index (χ2v) is 15.4. The third kappa shape index (κ3) is 8.17. The van der Waals surface area contributed by atoms with E-state index in [0.717, 1.165) is 23.4 Å². The van der Waals surface area contributed by atoms with Crippen LogP contribution in [0.4, 0.5) is 17.1 Å². The second-order valence-electron chi connectivity index (χ2n) is 13.8. The number of carbonyl (C=O) groups excluding carboxylic acids is 2. The highest BCUT2D eigenvalue weighted by atomic mass is 35.5. The molecule has 0 saturated heterocycles. The first-order chi connectivity index (χ1) is 24.1. The number of ether oxygens (including phenoxy) is 1. The molecule has 3 aromatic carbocycles. The summed E-state index contributed by atoms with van der Waals surface area (Å²) in [6.07, 6.45) is 4.76. The van der Waals surface area contributed by atoms with Crippen LogP contribution < -0.4 is 20.4 Å². The Balaban J connectivity index is 1.41. The summed E-state index contributed by atoms with van der Waals surface area (Å²) in [6, 6.07) is 15.0. The number of amidine groups is 1. The first-order valence-corrected chi connectivity index (χ1v) is 18.4. The summed E-state index contributed by atoms with van der Waals surface area (Å²) in [4.78, 5) is 27.5. The number of aromatic nitrogens is 2. The van der Waals surface area contributed by atoms with Gasteiger partial charge >= 0.3 is 0 Å². The van der Waals surface area contributed by atoms with Gasteiger partial charge in [0.1, 0.15) is 11.4 Å². The van der Waals surface area contributed by atoms with Crippen LogP contribution in [0.15, 0.2) is 72.1 Å². The Bertz CT molecular complexity index is 1940. The minimum Gasteiger partial charge on any atom is -0.480 e. The molecule has 0 fully saturated rings. The molecule has 0 spiro atoms. The summed E-state index contributed by atoms with van der Waals surface area (Å²) in [5, 5.41) is 17.0. The van der Waals surface area contributed by atoms with Gasteiger partial charge < -0.3 is 15.4 Å². The molecule has 0 bridgehead atoms. The number of hydrazone groups is 1. The van der Waals surface area contributed by atoms with E-state index in [0.29, 0.717) is 33.6 Å².